The molecule has 106 valence electrons. The van der Waals surface area contributed by atoms with Crippen LogP contribution >= 0.6 is 0 Å². The Bertz CT molecular complexity index is 581. The van der Waals surface area contributed by atoms with Gasteiger partial charge in [0.25, 0.3) is 0 Å². The minimum absolute atomic E-state index is 0.237. The zero-order valence-electron chi connectivity index (χ0n) is 11.0. The van der Waals surface area contributed by atoms with E-state index in [4.69, 9.17) is 25.4 Å². The van der Waals surface area contributed by atoms with Crippen molar-refractivity contribution in [3.05, 3.63) is 42.4 Å². The highest BCUT2D eigenvalue weighted by molar-refractivity contribution is 5.72. The number of nitrogens with two attached hydrogens (primary N) is 2. The van der Waals surface area contributed by atoms with Crippen LogP contribution in [0.2, 0.25) is 0 Å². The molecule has 1 aromatic carbocycles. The van der Waals surface area contributed by atoms with E-state index in [2.05, 4.69) is 0 Å². The Balaban J connectivity index is 1.86. The quantitative estimate of drug-likeness (QED) is 0.641. The van der Waals surface area contributed by atoms with Gasteiger partial charge in [0.1, 0.15) is 11.5 Å². The van der Waals surface area contributed by atoms with Gasteiger partial charge in [0.05, 0.1) is 12.0 Å². The highest BCUT2D eigenvalue weighted by Crippen LogP contribution is 2.23. The number of benzene rings is 1. The van der Waals surface area contributed by atoms with Crippen LogP contribution in [-0.4, -0.2) is 12.6 Å². The number of ether oxygens (including phenoxy) is 2. The Morgan fingerprint density at radius 1 is 1.35 bits per heavy atom. The molecule has 0 amide bonds. The molecule has 1 aromatic heterocycles. The molecule has 0 saturated heterocycles. The molecule has 0 radical (unpaired) electrons. The number of anilines is 2. The maximum absolute atomic E-state index is 11.6. The average Bonchev–Trinajstić information content (AvgIpc) is 2.91. The third-order valence-electron chi connectivity index (χ3n) is 2.63. The van der Waals surface area contributed by atoms with Crippen molar-refractivity contribution in [2.45, 2.75) is 13.0 Å². The second-order valence-electron chi connectivity index (χ2n) is 4.23. The number of rotatable bonds is 5. The van der Waals surface area contributed by atoms with Crippen molar-refractivity contribution in [1.82, 2.24) is 0 Å². The van der Waals surface area contributed by atoms with Crippen LogP contribution < -0.4 is 16.2 Å². The molecule has 0 fully saturated rings. The van der Waals surface area contributed by atoms with E-state index < -0.39 is 12.1 Å². The van der Waals surface area contributed by atoms with Crippen LogP contribution in [0.1, 0.15) is 18.8 Å². The molecule has 1 heterocycles. The summed E-state index contributed by atoms with van der Waals surface area (Å²) in [7, 11) is 0. The third-order valence-corrected chi connectivity index (χ3v) is 2.63. The highest BCUT2D eigenvalue weighted by atomic mass is 16.6. The molecule has 0 aliphatic heterocycles. The molecular formula is C14H16N2O4. The average molecular weight is 276 g/mol. The third kappa shape index (κ3) is 3.44. The van der Waals surface area contributed by atoms with Crippen LogP contribution in [0.15, 0.2) is 41.0 Å². The molecule has 1 atom stereocenters. The fraction of sp³-hybridized carbons (Fsp3) is 0.214. The second kappa shape index (κ2) is 6.01. The van der Waals surface area contributed by atoms with Crippen LogP contribution in [-0.2, 0) is 9.53 Å². The minimum atomic E-state index is -0.509. The van der Waals surface area contributed by atoms with Crippen molar-refractivity contribution in [3.63, 3.8) is 0 Å². The van der Waals surface area contributed by atoms with Gasteiger partial charge in [-0.15, -0.1) is 0 Å². The summed E-state index contributed by atoms with van der Waals surface area (Å²) in [5.41, 5.74) is 12.2. The first-order valence-electron chi connectivity index (χ1n) is 6.07. The van der Waals surface area contributed by atoms with Crippen LogP contribution in [0.3, 0.4) is 0 Å². The van der Waals surface area contributed by atoms with Gasteiger partial charge in [-0.2, -0.15) is 0 Å². The van der Waals surface area contributed by atoms with Gasteiger partial charge < -0.3 is 25.4 Å². The normalized spacial score (nSPS) is 11.8. The summed E-state index contributed by atoms with van der Waals surface area (Å²) in [6, 6.07) is 8.27. The molecule has 6 nitrogen and oxygen atoms in total. The van der Waals surface area contributed by atoms with E-state index in [0.717, 1.165) is 0 Å². The Morgan fingerprint density at radius 2 is 2.15 bits per heavy atom. The van der Waals surface area contributed by atoms with Gasteiger partial charge in [-0.3, -0.25) is 0 Å². The summed E-state index contributed by atoms with van der Waals surface area (Å²) < 4.78 is 15.6. The molecular weight excluding hydrogens is 260 g/mol. The van der Waals surface area contributed by atoms with Crippen LogP contribution in [0.25, 0.3) is 0 Å². The molecule has 2 aromatic rings. The number of esters is 1. The van der Waals surface area contributed by atoms with E-state index in [0.29, 0.717) is 22.9 Å². The van der Waals surface area contributed by atoms with Gasteiger partial charge in [-0.1, -0.05) is 0 Å². The molecule has 0 aliphatic rings. The number of furan rings is 1. The number of nitrogen functional groups attached to an aromatic ring is 2. The van der Waals surface area contributed by atoms with Gasteiger partial charge in [0, 0.05) is 5.69 Å². The lowest BCUT2D eigenvalue weighted by Crippen LogP contribution is -2.17. The topological polar surface area (TPSA) is 101 Å². The molecule has 0 spiro atoms. The first kappa shape index (κ1) is 13.8. The Hall–Kier alpha value is -2.63. The fourth-order valence-electron chi connectivity index (χ4n) is 1.65. The predicted molar refractivity (Wildman–Crippen MR) is 74.0 cm³/mol. The second-order valence-corrected chi connectivity index (χ2v) is 4.23. The zero-order valence-corrected chi connectivity index (χ0v) is 11.0. The molecule has 0 bridgehead atoms. The number of carbonyl (C=O) groups is 1. The summed E-state index contributed by atoms with van der Waals surface area (Å²) in [4.78, 5) is 11.6. The monoisotopic (exact) mass is 276 g/mol. The minimum Gasteiger partial charge on any atom is -0.480 e. The first-order chi connectivity index (χ1) is 9.56. The van der Waals surface area contributed by atoms with Crippen molar-refractivity contribution in [1.29, 1.82) is 0 Å². The van der Waals surface area contributed by atoms with Crippen LogP contribution in [0.5, 0.6) is 5.75 Å². The Labute approximate surface area is 116 Å². The summed E-state index contributed by atoms with van der Waals surface area (Å²) in [5, 5.41) is 0. The molecule has 0 aliphatic carbocycles. The van der Waals surface area contributed by atoms with Gasteiger partial charge >= 0.3 is 5.97 Å². The summed E-state index contributed by atoms with van der Waals surface area (Å²) in [6.07, 6.45) is 1.05. The maximum Gasteiger partial charge on any atom is 0.344 e. The summed E-state index contributed by atoms with van der Waals surface area (Å²) in [6.45, 7) is 1.48. The van der Waals surface area contributed by atoms with E-state index in [9.17, 15) is 4.79 Å². The van der Waals surface area contributed by atoms with E-state index in [1.807, 2.05) is 0 Å². The Kier molecular flexibility index (Phi) is 4.14. The number of hydrogen-bond donors (Lipinski definition) is 2. The number of carbonyl (C=O) groups excluding carboxylic acids is 1. The van der Waals surface area contributed by atoms with Crippen LogP contribution in [0.4, 0.5) is 11.4 Å². The molecule has 1 unspecified atom stereocenters. The summed E-state index contributed by atoms with van der Waals surface area (Å²) in [5.74, 6) is 0.456. The first-order valence-corrected chi connectivity index (χ1v) is 6.07. The molecule has 6 heteroatoms. The van der Waals surface area contributed by atoms with E-state index in [1.165, 1.54) is 6.26 Å². The lowest BCUT2D eigenvalue weighted by Gasteiger charge is -2.12. The standard InChI is InChI=1S/C14H16N2O4/c1-9(12-3-2-6-18-12)20-14(17)8-19-13-5-4-10(15)7-11(13)16/h2-7,9H,8,15-16H2,1H3. The van der Waals surface area contributed by atoms with Crippen molar-refractivity contribution in [2.24, 2.45) is 0 Å². The smallest absolute Gasteiger partial charge is 0.344 e. The molecule has 0 saturated carbocycles. The lowest BCUT2D eigenvalue weighted by molar-refractivity contribution is -0.151. The van der Waals surface area contributed by atoms with Crippen molar-refractivity contribution < 1.29 is 18.7 Å². The molecule has 20 heavy (non-hydrogen) atoms. The van der Waals surface area contributed by atoms with Gasteiger partial charge in [0.2, 0.25) is 0 Å². The fourth-order valence-corrected chi connectivity index (χ4v) is 1.65. The largest absolute Gasteiger partial charge is 0.480 e. The van der Waals surface area contributed by atoms with E-state index in [-0.39, 0.29) is 6.61 Å². The predicted octanol–water partition coefficient (Wildman–Crippen LogP) is 2.13. The van der Waals surface area contributed by atoms with Gasteiger partial charge in [-0.05, 0) is 37.3 Å². The van der Waals surface area contributed by atoms with Gasteiger partial charge in [-0.25, -0.2) is 4.79 Å². The van der Waals surface area contributed by atoms with Crippen molar-refractivity contribution >= 4 is 17.3 Å². The SMILES string of the molecule is CC(OC(=O)COc1ccc(N)cc1N)c1ccco1. The molecule has 4 N–H and O–H groups in total. The Morgan fingerprint density at radius 3 is 2.80 bits per heavy atom. The van der Waals surface area contributed by atoms with Crippen LogP contribution in [0, 0.1) is 0 Å². The number of hydrogen-bond acceptors (Lipinski definition) is 6. The van der Waals surface area contributed by atoms with Gasteiger partial charge in [0.15, 0.2) is 12.7 Å². The lowest BCUT2D eigenvalue weighted by atomic mass is 10.2. The molecule has 2 rings (SSSR count). The summed E-state index contributed by atoms with van der Waals surface area (Å²) >= 11 is 0. The van der Waals surface area contributed by atoms with E-state index in [1.54, 1.807) is 37.3 Å². The highest BCUT2D eigenvalue weighted by Gasteiger charge is 2.14. The van der Waals surface area contributed by atoms with Crippen molar-refractivity contribution in [3.8, 4) is 5.75 Å². The van der Waals surface area contributed by atoms with Crippen molar-refractivity contribution in [2.75, 3.05) is 18.1 Å². The maximum atomic E-state index is 11.6. The zero-order chi connectivity index (χ0) is 14.5. The van der Waals surface area contributed by atoms with E-state index >= 15 is 0 Å².